The van der Waals surface area contributed by atoms with Crippen molar-refractivity contribution in [1.82, 2.24) is 10.2 Å². The first kappa shape index (κ1) is 9.97. The fourth-order valence-corrected chi connectivity index (χ4v) is 1.43. The number of anilines is 1. The van der Waals surface area contributed by atoms with Crippen LogP contribution in [0.2, 0.25) is 0 Å². The molecule has 0 aliphatic heterocycles. The monoisotopic (exact) mass is 269 g/mol. The Morgan fingerprint density at radius 1 is 1.60 bits per heavy atom. The van der Waals surface area contributed by atoms with Gasteiger partial charge in [-0.1, -0.05) is 0 Å². The molecule has 2 N–H and O–H groups in total. The van der Waals surface area contributed by atoms with Crippen molar-refractivity contribution in [2.45, 2.75) is 6.54 Å². The van der Waals surface area contributed by atoms with E-state index in [9.17, 15) is 4.79 Å². The van der Waals surface area contributed by atoms with Crippen molar-refractivity contribution in [1.29, 1.82) is 0 Å². The van der Waals surface area contributed by atoms with Crippen molar-refractivity contribution >= 4 is 21.6 Å². The van der Waals surface area contributed by atoms with Gasteiger partial charge in [0.15, 0.2) is 0 Å². The van der Waals surface area contributed by atoms with Gasteiger partial charge in [-0.25, -0.2) is 5.10 Å². The van der Waals surface area contributed by atoms with Crippen LogP contribution in [0.4, 0.5) is 5.69 Å². The van der Waals surface area contributed by atoms with Crippen molar-refractivity contribution in [2.24, 2.45) is 0 Å². The van der Waals surface area contributed by atoms with Gasteiger partial charge in [-0.05, 0) is 22.0 Å². The van der Waals surface area contributed by atoms with Gasteiger partial charge in [-0.2, -0.15) is 5.10 Å². The largest absolute Gasteiger partial charge is 0.472 e. The maximum absolute atomic E-state index is 11.2. The van der Waals surface area contributed by atoms with Crippen molar-refractivity contribution < 1.29 is 4.42 Å². The lowest BCUT2D eigenvalue weighted by Gasteiger charge is -2.04. The van der Waals surface area contributed by atoms with Crippen LogP contribution in [0.1, 0.15) is 5.56 Å². The maximum Gasteiger partial charge on any atom is 0.280 e. The molecule has 0 bridgehead atoms. The number of furan rings is 1. The second-order valence-electron chi connectivity index (χ2n) is 2.91. The van der Waals surface area contributed by atoms with Gasteiger partial charge in [0.1, 0.15) is 4.47 Å². The minimum absolute atomic E-state index is 0.257. The lowest BCUT2D eigenvalue weighted by atomic mass is 10.3. The van der Waals surface area contributed by atoms with E-state index in [0.29, 0.717) is 16.7 Å². The van der Waals surface area contributed by atoms with Crippen molar-refractivity contribution in [2.75, 3.05) is 5.32 Å². The molecule has 0 aliphatic carbocycles. The lowest BCUT2D eigenvalue weighted by molar-refractivity contribution is 0.564. The predicted molar refractivity (Wildman–Crippen MR) is 58.6 cm³/mol. The third kappa shape index (κ3) is 2.27. The van der Waals surface area contributed by atoms with E-state index in [0.717, 1.165) is 5.56 Å². The highest BCUT2D eigenvalue weighted by molar-refractivity contribution is 9.10. The van der Waals surface area contributed by atoms with Crippen LogP contribution in [0.5, 0.6) is 0 Å². The van der Waals surface area contributed by atoms with Crippen LogP contribution in [-0.4, -0.2) is 10.2 Å². The van der Waals surface area contributed by atoms with Crippen LogP contribution < -0.4 is 10.9 Å². The number of hydrogen-bond acceptors (Lipinski definition) is 4. The van der Waals surface area contributed by atoms with Crippen LogP contribution in [0.15, 0.2) is 38.5 Å². The van der Waals surface area contributed by atoms with Crippen LogP contribution >= 0.6 is 15.9 Å². The van der Waals surface area contributed by atoms with E-state index < -0.39 is 0 Å². The third-order valence-corrected chi connectivity index (χ3v) is 2.65. The number of nitrogens with one attached hydrogen (secondary N) is 2. The normalized spacial score (nSPS) is 10.2. The molecule has 0 fully saturated rings. The number of nitrogens with zero attached hydrogens (tertiary/aromatic N) is 1. The summed E-state index contributed by atoms with van der Waals surface area (Å²) in [7, 11) is 0. The van der Waals surface area contributed by atoms with Gasteiger partial charge in [0, 0.05) is 12.1 Å². The van der Waals surface area contributed by atoms with E-state index in [2.05, 4.69) is 31.4 Å². The highest BCUT2D eigenvalue weighted by atomic mass is 79.9. The molecule has 0 radical (unpaired) electrons. The average Bonchev–Trinajstić information content (AvgIpc) is 2.73. The zero-order valence-corrected chi connectivity index (χ0v) is 9.24. The fraction of sp³-hybridized carbons (Fsp3) is 0.111. The predicted octanol–water partition coefficient (Wildman–Crippen LogP) is 1.74. The zero-order chi connectivity index (χ0) is 10.7. The van der Waals surface area contributed by atoms with E-state index >= 15 is 0 Å². The molecule has 0 aliphatic rings. The van der Waals surface area contributed by atoms with Crippen molar-refractivity contribution in [3.63, 3.8) is 0 Å². The maximum atomic E-state index is 11.2. The first-order valence-corrected chi connectivity index (χ1v) is 5.05. The van der Waals surface area contributed by atoms with Gasteiger partial charge in [0.25, 0.3) is 5.56 Å². The number of H-pyrrole nitrogens is 1. The molecular formula is C9H8BrN3O2. The molecule has 0 aromatic carbocycles. The van der Waals surface area contributed by atoms with Crippen LogP contribution in [0, 0.1) is 0 Å². The highest BCUT2D eigenvalue weighted by Gasteiger charge is 2.03. The Kier molecular flexibility index (Phi) is 2.86. The molecule has 2 aromatic rings. The molecule has 2 aromatic heterocycles. The van der Waals surface area contributed by atoms with E-state index in [1.807, 2.05) is 6.07 Å². The van der Waals surface area contributed by atoms with Crippen molar-refractivity contribution in [3.05, 3.63) is 45.2 Å². The van der Waals surface area contributed by atoms with Crippen LogP contribution in [0.3, 0.4) is 0 Å². The second-order valence-corrected chi connectivity index (χ2v) is 3.70. The van der Waals surface area contributed by atoms with E-state index in [-0.39, 0.29) is 5.56 Å². The second kappa shape index (κ2) is 4.31. The molecule has 0 spiro atoms. The minimum Gasteiger partial charge on any atom is -0.472 e. The summed E-state index contributed by atoms with van der Waals surface area (Å²) < 4.78 is 5.37. The van der Waals surface area contributed by atoms with Gasteiger partial charge < -0.3 is 9.73 Å². The van der Waals surface area contributed by atoms with E-state index in [4.69, 9.17) is 4.42 Å². The van der Waals surface area contributed by atoms with Gasteiger partial charge in [-0.3, -0.25) is 4.79 Å². The first-order chi connectivity index (χ1) is 7.27. The molecular weight excluding hydrogens is 262 g/mol. The number of halogens is 1. The summed E-state index contributed by atoms with van der Waals surface area (Å²) in [4.78, 5) is 11.2. The minimum atomic E-state index is -0.257. The molecule has 78 valence electrons. The first-order valence-electron chi connectivity index (χ1n) is 4.25. The SMILES string of the molecule is O=c1[nH]ncc(NCc2ccoc2)c1Br. The molecule has 2 heterocycles. The van der Waals surface area contributed by atoms with E-state index in [1.54, 1.807) is 18.7 Å². The molecule has 0 amide bonds. The Bertz CT molecular complexity index is 492. The van der Waals surface area contributed by atoms with E-state index in [1.165, 1.54) is 0 Å². The number of rotatable bonds is 3. The summed E-state index contributed by atoms with van der Waals surface area (Å²) in [5, 5.41) is 9.08. The summed E-state index contributed by atoms with van der Waals surface area (Å²) in [6, 6.07) is 1.85. The Hall–Kier alpha value is -1.56. The summed E-state index contributed by atoms with van der Waals surface area (Å²) in [6.07, 6.45) is 4.79. The highest BCUT2D eigenvalue weighted by Crippen LogP contribution is 2.16. The van der Waals surface area contributed by atoms with Gasteiger partial charge in [-0.15, -0.1) is 0 Å². The van der Waals surface area contributed by atoms with Crippen LogP contribution in [-0.2, 0) is 6.54 Å². The molecule has 2 rings (SSSR count). The van der Waals surface area contributed by atoms with Crippen molar-refractivity contribution in [3.8, 4) is 0 Å². The summed E-state index contributed by atoms with van der Waals surface area (Å²) >= 11 is 3.17. The molecule has 5 nitrogen and oxygen atoms in total. The lowest BCUT2D eigenvalue weighted by Crippen LogP contribution is -2.11. The standard InChI is InChI=1S/C9H8BrN3O2/c10-8-7(4-12-13-9(8)14)11-3-6-1-2-15-5-6/h1-2,4-5H,3H2,(H2,11,13,14). The van der Waals surface area contributed by atoms with Gasteiger partial charge >= 0.3 is 0 Å². The Morgan fingerprint density at radius 2 is 2.47 bits per heavy atom. The Labute approximate surface area is 93.6 Å². The molecule has 0 unspecified atom stereocenters. The molecule has 6 heteroatoms. The fourth-order valence-electron chi connectivity index (χ4n) is 1.10. The molecule has 0 atom stereocenters. The Balaban J connectivity index is 2.12. The Morgan fingerprint density at radius 3 is 3.20 bits per heavy atom. The quantitative estimate of drug-likeness (QED) is 0.891. The molecule has 15 heavy (non-hydrogen) atoms. The summed E-state index contributed by atoms with van der Waals surface area (Å²) in [5.41, 5.74) is 1.40. The smallest absolute Gasteiger partial charge is 0.280 e. The average molecular weight is 270 g/mol. The topological polar surface area (TPSA) is 70.9 Å². The number of aromatic amines is 1. The number of aromatic nitrogens is 2. The molecule has 0 saturated carbocycles. The van der Waals surface area contributed by atoms with Gasteiger partial charge in [0.05, 0.1) is 24.4 Å². The van der Waals surface area contributed by atoms with Crippen LogP contribution in [0.25, 0.3) is 0 Å². The summed E-state index contributed by atoms with van der Waals surface area (Å²) in [5.74, 6) is 0. The number of hydrogen-bond donors (Lipinski definition) is 2. The third-order valence-electron chi connectivity index (χ3n) is 1.86. The summed E-state index contributed by atoms with van der Waals surface area (Å²) in [6.45, 7) is 0.584. The van der Waals surface area contributed by atoms with Gasteiger partial charge in [0.2, 0.25) is 0 Å². The zero-order valence-electron chi connectivity index (χ0n) is 7.66. The molecule has 0 saturated heterocycles.